The molecule has 1 fully saturated rings. The number of anilines is 1. The monoisotopic (exact) mass is 323 g/mol. The molecule has 5 nitrogen and oxygen atoms in total. The first kappa shape index (κ1) is 16.8. The number of primary amides is 1. The molecule has 0 spiro atoms. The molecular formula is C16H22ClN3O2. The Morgan fingerprint density at radius 1 is 1.32 bits per heavy atom. The van der Waals surface area contributed by atoms with E-state index in [2.05, 4.69) is 5.32 Å². The van der Waals surface area contributed by atoms with Gasteiger partial charge in [-0.3, -0.25) is 14.5 Å². The summed E-state index contributed by atoms with van der Waals surface area (Å²) in [5.74, 6) is -0.398. The van der Waals surface area contributed by atoms with Crippen molar-refractivity contribution < 1.29 is 9.59 Å². The third-order valence-electron chi connectivity index (χ3n) is 4.05. The van der Waals surface area contributed by atoms with Crippen molar-refractivity contribution >= 4 is 29.1 Å². The average Bonchev–Trinajstić information content (AvgIpc) is 2.43. The van der Waals surface area contributed by atoms with Crippen molar-refractivity contribution in [1.29, 1.82) is 0 Å². The molecule has 0 unspecified atom stereocenters. The van der Waals surface area contributed by atoms with Crippen molar-refractivity contribution in [2.24, 2.45) is 11.7 Å². The smallest absolute Gasteiger partial charge is 0.238 e. The van der Waals surface area contributed by atoms with E-state index in [-0.39, 0.29) is 17.7 Å². The van der Waals surface area contributed by atoms with Gasteiger partial charge in [0, 0.05) is 5.92 Å². The zero-order chi connectivity index (χ0) is 16.3. The minimum atomic E-state index is -0.244. The molecule has 0 bridgehead atoms. The van der Waals surface area contributed by atoms with Crippen LogP contribution in [0.4, 0.5) is 5.69 Å². The number of likely N-dealkylation sites (tertiary alicyclic amines) is 1. The summed E-state index contributed by atoms with van der Waals surface area (Å²) in [5.41, 5.74) is 7.99. The fourth-order valence-corrected chi connectivity index (χ4v) is 3.20. The molecule has 3 N–H and O–H groups in total. The molecule has 0 radical (unpaired) electrons. The lowest BCUT2D eigenvalue weighted by atomic mass is 9.96. The molecule has 1 aromatic carbocycles. The Bertz CT molecular complexity index is 558. The van der Waals surface area contributed by atoms with Gasteiger partial charge in [0.25, 0.3) is 0 Å². The summed E-state index contributed by atoms with van der Waals surface area (Å²) in [4.78, 5) is 25.4. The summed E-state index contributed by atoms with van der Waals surface area (Å²) in [5, 5.41) is 3.44. The molecule has 1 aliphatic rings. The highest BCUT2D eigenvalue weighted by Crippen LogP contribution is 2.27. The van der Waals surface area contributed by atoms with Gasteiger partial charge in [-0.15, -0.1) is 0 Å². The highest BCUT2D eigenvalue weighted by atomic mass is 35.5. The minimum absolute atomic E-state index is 0.0619. The van der Waals surface area contributed by atoms with Gasteiger partial charge >= 0.3 is 0 Å². The summed E-state index contributed by atoms with van der Waals surface area (Å²) in [7, 11) is 0. The molecule has 1 saturated heterocycles. The predicted molar refractivity (Wildman–Crippen MR) is 87.9 cm³/mol. The summed E-state index contributed by atoms with van der Waals surface area (Å²) < 4.78 is 0. The van der Waals surface area contributed by atoms with Crippen LogP contribution in [0.25, 0.3) is 0 Å². The molecule has 1 heterocycles. The second kappa shape index (κ2) is 7.11. The number of amides is 2. The van der Waals surface area contributed by atoms with Gasteiger partial charge in [0.05, 0.1) is 17.3 Å². The van der Waals surface area contributed by atoms with E-state index in [1.54, 1.807) is 0 Å². The summed E-state index contributed by atoms with van der Waals surface area (Å²) in [6.07, 6.45) is 1.43. The van der Waals surface area contributed by atoms with E-state index >= 15 is 0 Å². The summed E-state index contributed by atoms with van der Waals surface area (Å²) >= 11 is 6.20. The molecule has 2 rings (SSSR count). The second-order valence-corrected chi connectivity index (χ2v) is 6.35. The van der Waals surface area contributed by atoms with Crippen molar-refractivity contribution in [2.45, 2.75) is 26.7 Å². The van der Waals surface area contributed by atoms with Gasteiger partial charge in [-0.1, -0.05) is 17.7 Å². The molecule has 0 atom stereocenters. The van der Waals surface area contributed by atoms with Gasteiger partial charge in [0.1, 0.15) is 0 Å². The number of piperidine rings is 1. The van der Waals surface area contributed by atoms with Crippen LogP contribution in [0.3, 0.4) is 0 Å². The van der Waals surface area contributed by atoms with Gasteiger partial charge in [-0.2, -0.15) is 0 Å². The number of hydrogen-bond acceptors (Lipinski definition) is 3. The highest BCUT2D eigenvalue weighted by Gasteiger charge is 2.24. The first-order chi connectivity index (χ1) is 10.4. The number of halogens is 1. The van der Waals surface area contributed by atoms with Crippen molar-refractivity contribution in [3.05, 3.63) is 28.3 Å². The van der Waals surface area contributed by atoms with Crippen LogP contribution in [0, 0.1) is 19.8 Å². The van der Waals surface area contributed by atoms with E-state index in [0.29, 0.717) is 43.2 Å². The summed E-state index contributed by atoms with van der Waals surface area (Å²) in [6, 6.07) is 3.82. The lowest BCUT2D eigenvalue weighted by molar-refractivity contribution is -0.123. The largest absolute Gasteiger partial charge is 0.369 e. The van der Waals surface area contributed by atoms with Crippen LogP contribution in [0.15, 0.2) is 12.1 Å². The molecule has 0 aromatic heterocycles. The van der Waals surface area contributed by atoms with Gasteiger partial charge < -0.3 is 11.1 Å². The zero-order valence-corrected chi connectivity index (χ0v) is 13.7. The van der Waals surface area contributed by atoms with Crippen molar-refractivity contribution in [3.63, 3.8) is 0 Å². The van der Waals surface area contributed by atoms with E-state index in [4.69, 9.17) is 17.3 Å². The number of rotatable bonds is 4. The van der Waals surface area contributed by atoms with Crippen LogP contribution < -0.4 is 11.1 Å². The molecule has 1 aromatic rings. The number of carbonyl (C=O) groups excluding carboxylic acids is 2. The third-order valence-corrected chi connectivity index (χ3v) is 4.35. The number of nitrogens with one attached hydrogen (secondary N) is 1. The lowest BCUT2D eigenvalue weighted by Gasteiger charge is -2.29. The maximum absolute atomic E-state index is 12.2. The third kappa shape index (κ3) is 4.21. The molecule has 0 saturated carbocycles. The SMILES string of the molecule is Cc1cc(C)c(NC(=O)CN2CCC(C(N)=O)CC2)c(Cl)c1. The fraction of sp³-hybridized carbons (Fsp3) is 0.500. The Labute approximate surface area is 135 Å². The minimum Gasteiger partial charge on any atom is -0.369 e. The number of hydrogen-bond donors (Lipinski definition) is 2. The first-order valence-corrected chi connectivity index (χ1v) is 7.83. The Kier molecular flexibility index (Phi) is 5.42. The highest BCUT2D eigenvalue weighted by molar-refractivity contribution is 6.34. The number of nitrogens with two attached hydrogens (primary N) is 1. The van der Waals surface area contributed by atoms with E-state index < -0.39 is 0 Å². The van der Waals surface area contributed by atoms with Crippen molar-refractivity contribution in [1.82, 2.24) is 4.90 Å². The molecule has 22 heavy (non-hydrogen) atoms. The second-order valence-electron chi connectivity index (χ2n) is 5.94. The van der Waals surface area contributed by atoms with E-state index in [1.165, 1.54) is 0 Å². The molecule has 2 amide bonds. The van der Waals surface area contributed by atoms with Crippen molar-refractivity contribution in [2.75, 3.05) is 25.0 Å². The van der Waals surface area contributed by atoms with Crippen LogP contribution in [0.2, 0.25) is 5.02 Å². The van der Waals surface area contributed by atoms with E-state index in [9.17, 15) is 9.59 Å². The van der Waals surface area contributed by atoms with Crippen LogP contribution in [0.5, 0.6) is 0 Å². The fourth-order valence-electron chi connectivity index (χ4n) is 2.83. The van der Waals surface area contributed by atoms with Crippen LogP contribution in [0.1, 0.15) is 24.0 Å². The van der Waals surface area contributed by atoms with E-state index in [0.717, 1.165) is 11.1 Å². The van der Waals surface area contributed by atoms with E-state index in [1.807, 2.05) is 30.9 Å². The Morgan fingerprint density at radius 3 is 2.50 bits per heavy atom. The number of nitrogens with zero attached hydrogens (tertiary/aromatic N) is 1. The zero-order valence-electron chi connectivity index (χ0n) is 13.0. The first-order valence-electron chi connectivity index (χ1n) is 7.45. The van der Waals surface area contributed by atoms with Gasteiger partial charge in [0.2, 0.25) is 11.8 Å². The number of carbonyl (C=O) groups is 2. The topological polar surface area (TPSA) is 75.4 Å². The normalized spacial score (nSPS) is 16.5. The average molecular weight is 324 g/mol. The summed E-state index contributed by atoms with van der Waals surface area (Å²) in [6.45, 7) is 5.61. The number of aryl methyl sites for hydroxylation is 2. The number of benzene rings is 1. The Hall–Kier alpha value is -1.59. The Morgan fingerprint density at radius 2 is 1.95 bits per heavy atom. The van der Waals surface area contributed by atoms with Gasteiger partial charge in [-0.05, 0) is 57.0 Å². The maximum atomic E-state index is 12.2. The molecule has 0 aliphatic carbocycles. The quantitative estimate of drug-likeness (QED) is 0.891. The van der Waals surface area contributed by atoms with Crippen LogP contribution in [-0.4, -0.2) is 36.3 Å². The Balaban J connectivity index is 1.90. The lowest BCUT2D eigenvalue weighted by Crippen LogP contribution is -2.42. The van der Waals surface area contributed by atoms with Crippen molar-refractivity contribution in [3.8, 4) is 0 Å². The molecule has 6 heteroatoms. The van der Waals surface area contributed by atoms with Gasteiger partial charge in [-0.25, -0.2) is 0 Å². The standard InChI is InChI=1S/C16H22ClN3O2/c1-10-7-11(2)15(13(17)8-10)19-14(21)9-20-5-3-12(4-6-20)16(18)22/h7-8,12H,3-6,9H2,1-2H3,(H2,18,22)(H,19,21). The molecular weight excluding hydrogens is 302 g/mol. The van der Waals surface area contributed by atoms with Crippen LogP contribution >= 0.6 is 11.6 Å². The maximum Gasteiger partial charge on any atom is 0.238 e. The van der Waals surface area contributed by atoms with Crippen LogP contribution in [-0.2, 0) is 9.59 Å². The molecule has 1 aliphatic heterocycles. The van der Waals surface area contributed by atoms with Gasteiger partial charge in [0.15, 0.2) is 0 Å². The predicted octanol–water partition coefficient (Wildman–Crippen LogP) is 2.09. The molecule has 120 valence electrons.